The first-order valence-corrected chi connectivity index (χ1v) is 6.17. The van der Waals surface area contributed by atoms with E-state index in [1.54, 1.807) is 12.4 Å². The van der Waals surface area contributed by atoms with Crippen LogP contribution in [0.4, 0.5) is 5.69 Å². The summed E-state index contributed by atoms with van der Waals surface area (Å²) in [5.41, 5.74) is 6.90. The average Bonchev–Trinajstić information content (AvgIpc) is 2.47. The Morgan fingerprint density at radius 3 is 2.47 bits per heavy atom. The lowest BCUT2D eigenvalue weighted by Gasteiger charge is -2.05. The summed E-state index contributed by atoms with van der Waals surface area (Å²) in [6.45, 7) is 0.511. The number of aromatic nitrogens is 2. The summed E-state index contributed by atoms with van der Waals surface area (Å²) in [5, 5.41) is 2.74. The Labute approximate surface area is 111 Å². The van der Waals surface area contributed by atoms with E-state index < -0.39 is 0 Å². The number of amides is 1. The van der Waals surface area contributed by atoms with Crippen molar-refractivity contribution >= 4 is 11.6 Å². The SMILES string of the molecule is NCCCC(=O)Nc1cnc(-c2ccccc2)nc1. The molecule has 1 heterocycles. The van der Waals surface area contributed by atoms with Gasteiger partial charge in [0, 0.05) is 12.0 Å². The van der Waals surface area contributed by atoms with E-state index in [0.717, 1.165) is 5.56 Å². The zero-order chi connectivity index (χ0) is 13.5. The number of rotatable bonds is 5. The van der Waals surface area contributed by atoms with E-state index in [1.165, 1.54) is 0 Å². The minimum absolute atomic E-state index is 0.0680. The van der Waals surface area contributed by atoms with E-state index in [-0.39, 0.29) is 5.91 Å². The van der Waals surface area contributed by atoms with Crippen molar-refractivity contribution in [3.8, 4) is 11.4 Å². The third-order valence-corrected chi connectivity index (χ3v) is 2.58. The lowest BCUT2D eigenvalue weighted by Crippen LogP contribution is -2.13. The molecule has 1 aromatic carbocycles. The van der Waals surface area contributed by atoms with Gasteiger partial charge in [0.1, 0.15) is 0 Å². The predicted octanol–water partition coefficient (Wildman–Crippen LogP) is 1.82. The summed E-state index contributed by atoms with van der Waals surface area (Å²) >= 11 is 0. The second kappa shape index (κ2) is 6.61. The van der Waals surface area contributed by atoms with Gasteiger partial charge in [0.15, 0.2) is 5.82 Å². The highest BCUT2D eigenvalue weighted by atomic mass is 16.1. The first-order chi connectivity index (χ1) is 9.29. The van der Waals surface area contributed by atoms with E-state index in [2.05, 4.69) is 15.3 Å². The quantitative estimate of drug-likeness (QED) is 0.855. The van der Waals surface area contributed by atoms with Crippen LogP contribution in [0.3, 0.4) is 0 Å². The first kappa shape index (κ1) is 13.2. The molecule has 1 aromatic heterocycles. The number of nitrogens with zero attached hydrogens (tertiary/aromatic N) is 2. The van der Waals surface area contributed by atoms with E-state index >= 15 is 0 Å². The van der Waals surface area contributed by atoms with Crippen molar-refractivity contribution in [2.45, 2.75) is 12.8 Å². The topological polar surface area (TPSA) is 80.9 Å². The molecule has 98 valence electrons. The standard InChI is InChI=1S/C14H16N4O/c15-8-4-7-13(19)18-12-9-16-14(17-10-12)11-5-2-1-3-6-11/h1-3,5-6,9-10H,4,7-8,15H2,(H,18,19). The van der Waals surface area contributed by atoms with Crippen LogP contribution in [-0.4, -0.2) is 22.4 Å². The fourth-order valence-corrected chi connectivity index (χ4v) is 1.61. The normalized spacial score (nSPS) is 10.2. The van der Waals surface area contributed by atoms with Crippen molar-refractivity contribution in [2.75, 3.05) is 11.9 Å². The third-order valence-electron chi connectivity index (χ3n) is 2.58. The van der Waals surface area contributed by atoms with E-state index in [0.29, 0.717) is 30.9 Å². The van der Waals surface area contributed by atoms with Crippen LogP contribution < -0.4 is 11.1 Å². The van der Waals surface area contributed by atoms with Gasteiger partial charge in [0.2, 0.25) is 5.91 Å². The van der Waals surface area contributed by atoms with Gasteiger partial charge in [0.25, 0.3) is 0 Å². The van der Waals surface area contributed by atoms with Crippen molar-refractivity contribution in [1.82, 2.24) is 9.97 Å². The van der Waals surface area contributed by atoms with E-state index in [9.17, 15) is 4.79 Å². The van der Waals surface area contributed by atoms with Gasteiger partial charge in [0.05, 0.1) is 18.1 Å². The largest absolute Gasteiger partial charge is 0.330 e. The van der Waals surface area contributed by atoms with Gasteiger partial charge in [-0.1, -0.05) is 30.3 Å². The molecule has 1 amide bonds. The average molecular weight is 256 g/mol. The molecule has 0 saturated heterocycles. The van der Waals surface area contributed by atoms with Crippen LogP contribution in [0, 0.1) is 0 Å². The molecule has 5 heteroatoms. The molecule has 0 atom stereocenters. The Balaban J connectivity index is 2.01. The molecule has 2 rings (SSSR count). The Morgan fingerprint density at radius 1 is 1.16 bits per heavy atom. The van der Waals surface area contributed by atoms with Crippen LogP contribution in [0.5, 0.6) is 0 Å². The molecule has 0 unspecified atom stereocenters. The van der Waals surface area contributed by atoms with Crippen LogP contribution in [0.1, 0.15) is 12.8 Å². The number of hydrogen-bond donors (Lipinski definition) is 2. The summed E-state index contributed by atoms with van der Waals surface area (Å²) in [5.74, 6) is 0.571. The zero-order valence-corrected chi connectivity index (χ0v) is 10.5. The summed E-state index contributed by atoms with van der Waals surface area (Å²) in [7, 11) is 0. The van der Waals surface area contributed by atoms with Gasteiger partial charge in [-0.3, -0.25) is 4.79 Å². The number of carbonyl (C=O) groups excluding carboxylic acids is 1. The molecule has 19 heavy (non-hydrogen) atoms. The lowest BCUT2D eigenvalue weighted by atomic mass is 10.2. The van der Waals surface area contributed by atoms with E-state index in [1.807, 2.05) is 30.3 Å². The predicted molar refractivity (Wildman–Crippen MR) is 74.4 cm³/mol. The monoisotopic (exact) mass is 256 g/mol. The maximum absolute atomic E-state index is 11.5. The van der Waals surface area contributed by atoms with Crippen molar-refractivity contribution in [3.63, 3.8) is 0 Å². The van der Waals surface area contributed by atoms with Gasteiger partial charge in [-0.2, -0.15) is 0 Å². The number of benzene rings is 1. The van der Waals surface area contributed by atoms with Crippen molar-refractivity contribution < 1.29 is 4.79 Å². The molecule has 3 N–H and O–H groups in total. The van der Waals surface area contributed by atoms with Crippen LogP contribution >= 0.6 is 0 Å². The smallest absolute Gasteiger partial charge is 0.224 e. The molecule has 0 spiro atoms. The maximum atomic E-state index is 11.5. The Hall–Kier alpha value is -2.27. The lowest BCUT2D eigenvalue weighted by molar-refractivity contribution is -0.116. The molecule has 0 saturated carbocycles. The second-order valence-electron chi connectivity index (χ2n) is 4.10. The number of carbonyl (C=O) groups is 1. The van der Waals surface area contributed by atoms with Crippen LogP contribution in [0.2, 0.25) is 0 Å². The zero-order valence-electron chi connectivity index (χ0n) is 10.5. The van der Waals surface area contributed by atoms with Crippen LogP contribution in [0.15, 0.2) is 42.7 Å². The maximum Gasteiger partial charge on any atom is 0.224 e. The summed E-state index contributed by atoms with van der Waals surface area (Å²) in [6, 6.07) is 9.68. The number of nitrogens with one attached hydrogen (secondary N) is 1. The molecule has 5 nitrogen and oxygen atoms in total. The van der Waals surface area contributed by atoms with Crippen LogP contribution in [-0.2, 0) is 4.79 Å². The number of hydrogen-bond acceptors (Lipinski definition) is 4. The van der Waals surface area contributed by atoms with Crippen molar-refractivity contribution in [3.05, 3.63) is 42.7 Å². The van der Waals surface area contributed by atoms with Gasteiger partial charge in [-0.25, -0.2) is 9.97 Å². The molecule has 0 radical (unpaired) electrons. The second-order valence-corrected chi connectivity index (χ2v) is 4.10. The van der Waals surface area contributed by atoms with Gasteiger partial charge < -0.3 is 11.1 Å². The summed E-state index contributed by atoms with van der Waals surface area (Å²) in [4.78, 5) is 20.0. The Morgan fingerprint density at radius 2 is 1.84 bits per heavy atom. The first-order valence-electron chi connectivity index (χ1n) is 6.17. The highest BCUT2D eigenvalue weighted by Crippen LogP contribution is 2.14. The van der Waals surface area contributed by atoms with Gasteiger partial charge in [-0.15, -0.1) is 0 Å². The Bertz CT molecular complexity index is 525. The molecular formula is C14H16N4O. The van der Waals surface area contributed by atoms with Crippen molar-refractivity contribution in [2.24, 2.45) is 5.73 Å². The molecule has 2 aromatic rings. The van der Waals surface area contributed by atoms with Crippen LogP contribution in [0.25, 0.3) is 11.4 Å². The number of anilines is 1. The fourth-order valence-electron chi connectivity index (χ4n) is 1.61. The molecule has 0 fully saturated rings. The van der Waals surface area contributed by atoms with Gasteiger partial charge in [-0.05, 0) is 13.0 Å². The molecular weight excluding hydrogens is 240 g/mol. The fraction of sp³-hybridized carbons (Fsp3) is 0.214. The van der Waals surface area contributed by atoms with Crippen molar-refractivity contribution in [1.29, 1.82) is 0 Å². The molecule has 0 bridgehead atoms. The molecule has 0 aliphatic heterocycles. The minimum Gasteiger partial charge on any atom is -0.330 e. The Kier molecular flexibility index (Phi) is 4.58. The molecule has 0 aliphatic carbocycles. The van der Waals surface area contributed by atoms with E-state index in [4.69, 9.17) is 5.73 Å². The van der Waals surface area contributed by atoms with Gasteiger partial charge >= 0.3 is 0 Å². The minimum atomic E-state index is -0.0680. The highest BCUT2D eigenvalue weighted by molar-refractivity contribution is 5.90. The third kappa shape index (κ3) is 3.86. The number of nitrogens with two attached hydrogens (primary N) is 1. The highest BCUT2D eigenvalue weighted by Gasteiger charge is 2.04. The molecule has 0 aliphatic rings. The summed E-state index contributed by atoms with van der Waals surface area (Å²) in [6.07, 6.45) is 4.30. The summed E-state index contributed by atoms with van der Waals surface area (Å²) < 4.78 is 0.